The largest absolute Gasteiger partial charge is 0.496 e. The van der Waals surface area contributed by atoms with Crippen LogP contribution in [0.25, 0.3) is 0 Å². The Hall–Kier alpha value is -0.540. The molecule has 0 aliphatic carbocycles. The van der Waals surface area contributed by atoms with Gasteiger partial charge < -0.3 is 10.1 Å². The van der Waals surface area contributed by atoms with E-state index in [4.69, 9.17) is 4.74 Å². The summed E-state index contributed by atoms with van der Waals surface area (Å²) in [6.07, 6.45) is 2.53. The number of thiophene rings is 1. The van der Waals surface area contributed by atoms with Gasteiger partial charge in [-0.3, -0.25) is 0 Å². The van der Waals surface area contributed by atoms with Gasteiger partial charge in [0.1, 0.15) is 5.75 Å². The molecule has 0 radical (unpaired) electrons. The maximum atomic E-state index is 5.27. The first kappa shape index (κ1) is 8.08. The summed E-state index contributed by atoms with van der Waals surface area (Å²) < 4.78 is 5.27. The fourth-order valence-electron chi connectivity index (χ4n) is 1.64. The Morgan fingerprint density at radius 3 is 3.25 bits per heavy atom. The van der Waals surface area contributed by atoms with Crippen LogP contribution in [0.3, 0.4) is 0 Å². The van der Waals surface area contributed by atoms with E-state index in [9.17, 15) is 0 Å². The molecule has 0 aromatic carbocycles. The van der Waals surface area contributed by atoms with Crippen molar-refractivity contribution in [3.63, 3.8) is 0 Å². The third-order valence-electron chi connectivity index (χ3n) is 2.25. The molecule has 2 rings (SSSR count). The Labute approximate surface area is 76.6 Å². The number of rotatable bonds is 2. The first-order valence-electron chi connectivity index (χ1n) is 4.26. The van der Waals surface area contributed by atoms with Crippen LogP contribution in [0.2, 0.25) is 0 Å². The number of hydrogen-bond acceptors (Lipinski definition) is 3. The quantitative estimate of drug-likeness (QED) is 0.758. The smallest absolute Gasteiger partial charge is 0.134 e. The standard InChI is InChI=1S/C9H13NOS/c1-11-8-4-6-12-9(8)7-3-2-5-10-7/h4,6-7,10H,2-3,5H2,1H3. The van der Waals surface area contributed by atoms with Crippen molar-refractivity contribution in [2.75, 3.05) is 13.7 Å². The molecule has 1 aliphatic rings. The molecule has 1 N–H and O–H groups in total. The van der Waals surface area contributed by atoms with Gasteiger partial charge in [-0.15, -0.1) is 11.3 Å². The molecule has 0 saturated carbocycles. The summed E-state index contributed by atoms with van der Waals surface area (Å²) in [7, 11) is 1.74. The summed E-state index contributed by atoms with van der Waals surface area (Å²) in [5.74, 6) is 1.04. The second kappa shape index (κ2) is 3.46. The Morgan fingerprint density at radius 1 is 1.67 bits per heavy atom. The molecule has 0 bridgehead atoms. The van der Waals surface area contributed by atoms with Crippen LogP contribution in [0.15, 0.2) is 11.4 Å². The maximum Gasteiger partial charge on any atom is 0.134 e. The highest BCUT2D eigenvalue weighted by Gasteiger charge is 2.20. The third-order valence-corrected chi connectivity index (χ3v) is 3.27. The van der Waals surface area contributed by atoms with Gasteiger partial charge in [-0.05, 0) is 30.8 Å². The fourth-order valence-corrected chi connectivity index (χ4v) is 2.61. The van der Waals surface area contributed by atoms with Crippen molar-refractivity contribution in [3.05, 3.63) is 16.3 Å². The molecule has 3 heteroatoms. The monoisotopic (exact) mass is 183 g/mol. The molecule has 1 atom stereocenters. The van der Waals surface area contributed by atoms with Crippen molar-refractivity contribution in [1.82, 2.24) is 5.32 Å². The summed E-state index contributed by atoms with van der Waals surface area (Å²) in [5, 5.41) is 5.56. The van der Waals surface area contributed by atoms with E-state index >= 15 is 0 Å². The first-order chi connectivity index (χ1) is 5.92. The van der Waals surface area contributed by atoms with Gasteiger partial charge in [0.15, 0.2) is 0 Å². The summed E-state index contributed by atoms with van der Waals surface area (Å²) in [6, 6.07) is 2.58. The lowest BCUT2D eigenvalue weighted by Gasteiger charge is -2.09. The van der Waals surface area contributed by atoms with E-state index < -0.39 is 0 Å². The zero-order valence-corrected chi connectivity index (χ0v) is 7.99. The van der Waals surface area contributed by atoms with Gasteiger partial charge in [-0.25, -0.2) is 0 Å². The molecule has 1 aromatic heterocycles. The van der Waals surface area contributed by atoms with E-state index in [0.29, 0.717) is 6.04 Å². The number of nitrogens with one attached hydrogen (secondary N) is 1. The highest BCUT2D eigenvalue weighted by atomic mass is 32.1. The summed E-state index contributed by atoms with van der Waals surface area (Å²) in [4.78, 5) is 1.36. The van der Waals surface area contributed by atoms with E-state index in [2.05, 4.69) is 10.7 Å². The normalized spacial score (nSPS) is 22.9. The topological polar surface area (TPSA) is 21.3 Å². The zero-order chi connectivity index (χ0) is 8.39. The van der Waals surface area contributed by atoms with Gasteiger partial charge in [0, 0.05) is 6.04 Å². The van der Waals surface area contributed by atoms with Gasteiger partial charge in [-0.2, -0.15) is 0 Å². The second-order valence-corrected chi connectivity index (χ2v) is 3.95. The molecule has 1 aromatic rings. The molecule has 1 saturated heterocycles. The van der Waals surface area contributed by atoms with Crippen LogP contribution in [-0.2, 0) is 0 Å². The van der Waals surface area contributed by atoms with Gasteiger partial charge in [-0.1, -0.05) is 0 Å². The van der Waals surface area contributed by atoms with Crippen molar-refractivity contribution < 1.29 is 4.74 Å². The zero-order valence-electron chi connectivity index (χ0n) is 7.17. The average molecular weight is 183 g/mol. The molecule has 2 heterocycles. The van der Waals surface area contributed by atoms with Crippen molar-refractivity contribution in [1.29, 1.82) is 0 Å². The van der Waals surface area contributed by atoms with Crippen molar-refractivity contribution in [3.8, 4) is 5.75 Å². The second-order valence-electron chi connectivity index (χ2n) is 3.00. The van der Waals surface area contributed by atoms with Gasteiger partial charge in [0.2, 0.25) is 0 Å². The summed E-state index contributed by atoms with van der Waals surface area (Å²) in [5.41, 5.74) is 0. The van der Waals surface area contributed by atoms with E-state index in [1.54, 1.807) is 18.4 Å². The molecule has 1 unspecified atom stereocenters. The van der Waals surface area contributed by atoms with Crippen LogP contribution in [0.1, 0.15) is 23.8 Å². The summed E-state index contributed by atoms with van der Waals surface area (Å²) in [6.45, 7) is 1.14. The summed E-state index contributed by atoms with van der Waals surface area (Å²) >= 11 is 1.78. The molecule has 0 spiro atoms. The van der Waals surface area contributed by atoms with Gasteiger partial charge in [0.05, 0.1) is 12.0 Å². The number of hydrogen-bond donors (Lipinski definition) is 1. The van der Waals surface area contributed by atoms with E-state index in [-0.39, 0.29) is 0 Å². The van der Waals surface area contributed by atoms with Crippen LogP contribution < -0.4 is 10.1 Å². The Morgan fingerprint density at radius 2 is 2.58 bits per heavy atom. The van der Waals surface area contributed by atoms with E-state index in [0.717, 1.165) is 12.3 Å². The first-order valence-corrected chi connectivity index (χ1v) is 5.14. The minimum absolute atomic E-state index is 0.542. The van der Waals surface area contributed by atoms with Crippen LogP contribution in [0.5, 0.6) is 5.75 Å². The molecule has 12 heavy (non-hydrogen) atoms. The van der Waals surface area contributed by atoms with Crippen LogP contribution in [0.4, 0.5) is 0 Å². The molecular weight excluding hydrogens is 170 g/mol. The third kappa shape index (κ3) is 1.34. The Kier molecular flexibility index (Phi) is 2.33. The minimum atomic E-state index is 0.542. The predicted molar refractivity (Wildman–Crippen MR) is 50.8 cm³/mol. The van der Waals surface area contributed by atoms with Crippen molar-refractivity contribution in [2.24, 2.45) is 0 Å². The molecule has 1 fully saturated rings. The fraction of sp³-hybridized carbons (Fsp3) is 0.556. The SMILES string of the molecule is COc1ccsc1C1CCCN1. The Balaban J connectivity index is 2.19. The predicted octanol–water partition coefficient (Wildman–Crippen LogP) is 2.18. The lowest BCUT2D eigenvalue weighted by Crippen LogP contribution is -2.12. The lowest BCUT2D eigenvalue weighted by atomic mass is 10.2. The van der Waals surface area contributed by atoms with Crippen molar-refractivity contribution in [2.45, 2.75) is 18.9 Å². The van der Waals surface area contributed by atoms with Gasteiger partial charge in [0.25, 0.3) is 0 Å². The number of methoxy groups -OCH3 is 1. The molecular formula is C9H13NOS. The van der Waals surface area contributed by atoms with Crippen LogP contribution in [0, 0.1) is 0 Å². The highest BCUT2D eigenvalue weighted by molar-refractivity contribution is 7.10. The molecule has 1 aliphatic heterocycles. The lowest BCUT2D eigenvalue weighted by molar-refractivity contribution is 0.407. The minimum Gasteiger partial charge on any atom is -0.496 e. The van der Waals surface area contributed by atoms with Crippen LogP contribution >= 0.6 is 11.3 Å². The van der Waals surface area contributed by atoms with Crippen molar-refractivity contribution >= 4 is 11.3 Å². The van der Waals surface area contributed by atoms with E-state index in [1.165, 1.54) is 17.7 Å². The highest BCUT2D eigenvalue weighted by Crippen LogP contribution is 2.34. The number of ether oxygens (including phenoxy) is 1. The van der Waals surface area contributed by atoms with E-state index in [1.807, 2.05) is 6.07 Å². The molecule has 2 nitrogen and oxygen atoms in total. The maximum absolute atomic E-state index is 5.27. The van der Waals surface area contributed by atoms with Crippen LogP contribution in [-0.4, -0.2) is 13.7 Å². The molecule has 66 valence electrons. The average Bonchev–Trinajstić information content (AvgIpc) is 2.74. The molecule has 0 amide bonds. The van der Waals surface area contributed by atoms with Gasteiger partial charge >= 0.3 is 0 Å². The Bertz CT molecular complexity index is 253.